The SMILES string of the molecule is O=C(O)c1cnn2c1n[n+]([O-])c1ccc(Cl)cc12. The van der Waals surface area contributed by atoms with Crippen LogP contribution in [-0.4, -0.2) is 25.8 Å². The first kappa shape index (κ1) is 10.7. The Bertz CT molecular complexity index is 799. The van der Waals surface area contributed by atoms with Crippen LogP contribution in [0.2, 0.25) is 5.02 Å². The van der Waals surface area contributed by atoms with E-state index in [1.165, 1.54) is 16.6 Å². The van der Waals surface area contributed by atoms with E-state index in [4.69, 9.17) is 16.7 Å². The fraction of sp³-hybridized carbons (Fsp3) is 0. The van der Waals surface area contributed by atoms with E-state index in [0.29, 0.717) is 15.4 Å². The number of aromatic carboxylic acids is 1. The molecule has 0 radical (unpaired) electrons. The first-order chi connectivity index (χ1) is 8.58. The van der Waals surface area contributed by atoms with Gasteiger partial charge in [0.25, 0.3) is 5.52 Å². The van der Waals surface area contributed by atoms with E-state index < -0.39 is 5.97 Å². The van der Waals surface area contributed by atoms with Gasteiger partial charge in [-0.15, -0.1) is 0 Å². The fourth-order valence-electron chi connectivity index (χ4n) is 1.73. The van der Waals surface area contributed by atoms with Crippen molar-refractivity contribution in [2.45, 2.75) is 0 Å². The monoisotopic (exact) mass is 264 g/mol. The molecule has 90 valence electrons. The molecule has 0 aliphatic carbocycles. The number of rotatable bonds is 1. The van der Waals surface area contributed by atoms with Crippen molar-refractivity contribution in [1.29, 1.82) is 0 Å². The molecule has 2 aromatic heterocycles. The predicted molar refractivity (Wildman–Crippen MR) is 61.4 cm³/mol. The van der Waals surface area contributed by atoms with Crippen LogP contribution in [0.4, 0.5) is 0 Å². The zero-order valence-corrected chi connectivity index (χ0v) is 9.50. The highest BCUT2D eigenvalue weighted by atomic mass is 35.5. The number of fused-ring (bicyclic) bond motifs is 3. The molecule has 0 saturated carbocycles. The van der Waals surface area contributed by atoms with Gasteiger partial charge in [-0.3, -0.25) is 0 Å². The van der Waals surface area contributed by atoms with Gasteiger partial charge in [-0.2, -0.15) is 5.10 Å². The molecule has 7 nitrogen and oxygen atoms in total. The molecular weight excluding hydrogens is 260 g/mol. The molecule has 0 aliphatic heterocycles. The van der Waals surface area contributed by atoms with Crippen molar-refractivity contribution in [3.63, 3.8) is 0 Å². The number of carboxylic acids is 1. The molecule has 2 heterocycles. The first-order valence-electron chi connectivity index (χ1n) is 4.88. The lowest BCUT2D eigenvalue weighted by atomic mass is 10.3. The summed E-state index contributed by atoms with van der Waals surface area (Å²) in [5.41, 5.74) is 0.496. The molecule has 1 aromatic carbocycles. The van der Waals surface area contributed by atoms with E-state index in [2.05, 4.69) is 10.2 Å². The Morgan fingerprint density at radius 1 is 1.50 bits per heavy atom. The van der Waals surface area contributed by atoms with Crippen LogP contribution < -0.4 is 4.85 Å². The number of carbonyl (C=O) groups is 1. The number of benzene rings is 1. The molecule has 0 spiro atoms. The maximum absolute atomic E-state index is 11.7. The van der Waals surface area contributed by atoms with E-state index in [-0.39, 0.29) is 16.7 Å². The second-order valence-electron chi connectivity index (χ2n) is 3.60. The van der Waals surface area contributed by atoms with Crippen LogP contribution >= 0.6 is 11.6 Å². The van der Waals surface area contributed by atoms with E-state index in [0.717, 1.165) is 6.20 Å². The third-order valence-corrected chi connectivity index (χ3v) is 2.77. The van der Waals surface area contributed by atoms with E-state index in [1.807, 2.05) is 0 Å². The van der Waals surface area contributed by atoms with Gasteiger partial charge in [0.2, 0.25) is 5.65 Å². The van der Waals surface area contributed by atoms with Crippen LogP contribution in [0.15, 0.2) is 24.4 Å². The zero-order chi connectivity index (χ0) is 12.9. The van der Waals surface area contributed by atoms with Crippen LogP contribution in [-0.2, 0) is 0 Å². The maximum Gasteiger partial charge on any atom is 0.341 e. The molecule has 1 N–H and O–H groups in total. The number of halogens is 1. The van der Waals surface area contributed by atoms with Gasteiger partial charge in [-0.1, -0.05) is 11.6 Å². The van der Waals surface area contributed by atoms with Gasteiger partial charge in [-0.25, -0.2) is 9.31 Å². The minimum absolute atomic E-state index is 0.0210. The number of hydrogen-bond acceptors (Lipinski definition) is 4. The van der Waals surface area contributed by atoms with Gasteiger partial charge >= 0.3 is 5.97 Å². The van der Waals surface area contributed by atoms with Gasteiger partial charge in [0.1, 0.15) is 11.1 Å². The second-order valence-corrected chi connectivity index (χ2v) is 4.04. The highest BCUT2D eigenvalue weighted by Gasteiger charge is 2.19. The lowest BCUT2D eigenvalue weighted by molar-refractivity contribution is -0.640. The van der Waals surface area contributed by atoms with Crippen molar-refractivity contribution in [3.05, 3.63) is 40.2 Å². The number of hydrogen-bond donors (Lipinski definition) is 1. The molecule has 0 aliphatic rings. The van der Waals surface area contributed by atoms with Crippen LogP contribution in [0.1, 0.15) is 10.4 Å². The fourth-order valence-corrected chi connectivity index (χ4v) is 1.90. The summed E-state index contributed by atoms with van der Waals surface area (Å²) in [6.07, 6.45) is 1.14. The molecule has 3 rings (SSSR count). The summed E-state index contributed by atoms with van der Waals surface area (Å²) in [6.45, 7) is 0. The Labute approximate surface area is 104 Å². The highest BCUT2D eigenvalue weighted by molar-refractivity contribution is 6.31. The van der Waals surface area contributed by atoms with E-state index >= 15 is 0 Å². The molecule has 0 bridgehead atoms. The van der Waals surface area contributed by atoms with Crippen LogP contribution in [0.25, 0.3) is 16.7 Å². The minimum atomic E-state index is -1.20. The van der Waals surface area contributed by atoms with Crippen molar-refractivity contribution in [3.8, 4) is 0 Å². The van der Waals surface area contributed by atoms with Gasteiger partial charge in [0.05, 0.1) is 6.20 Å². The summed E-state index contributed by atoms with van der Waals surface area (Å²) >= 11 is 5.85. The quantitative estimate of drug-likeness (QED) is 0.520. The standard InChI is InChI=1S/C10H5ClN4O3/c11-5-1-2-7-8(3-5)14-9(13-15(7)18)6(4-12-14)10(16)17/h1-4H,(H,16,17). The Kier molecular flexibility index (Phi) is 2.11. The van der Waals surface area contributed by atoms with Crippen molar-refractivity contribution in [2.75, 3.05) is 0 Å². The summed E-state index contributed by atoms with van der Waals surface area (Å²) in [6, 6.07) is 4.57. The third kappa shape index (κ3) is 1.37. The van der Waals surface area contributed by atoms with Gasteiger partial charge in [-0.05, 0) is 17.0 Å². The normalized spacial score (nSPS) is 11.2. The lowest BCUT2D eigenvalue weighted by Gasteiger charge is -2.01. The predicted octanol–water partition coefficient (Wildman–Crippen LogP) is 0.868. The van der Waals surface area contributed by atoms with Crippen LogP contribution in [0.3, 0.4) is 0 Å². The first-order valence-corrected chi connectivity index (χ1v) is 5.26. The molecule has 0 fully saturated rings. The average molecular weight is 265 g/mol. The molecular formula is C10H5ClN4O3. The minimum Gasteiger partial charge on any atom is -0.594 e. The van der Waals surface area contributed by atoms with E-state index in [9.17, 15) is 10.0 Å². The number of aromatic nitrogens is 4. The molecule has 0 amide bonds. The third-order valence-electron chi connectivity index (χ3n) is 2.53. The summed E-state index contributed by atoms with van der Waals surface area (Å²) < 4.78 is 1.28. The number of nitrogens with zero attached hydrogens (tertiary/aromatic N) is 4. The Balaban J connectivity index is 2.54. The second kappa shape index (κ2) is 3.54. The van der Waals surface area contributed by atoms with Crippen molar-refractivity contribution in [2.24, 2.45) is 0 Å². The average Bonchev–Trinajstić information content (AvgIpc) is 2.72. The Morgan fingerprint density at radius 2 is 2.28 bits per heavy atom. The molecule has 0 unspecified atom stereocenters. The zero-order valence-electron chi connectivity index (χ0n) is 8.74. The molecule has 0 atom stereocenters. The molecule has 3 aromatic rings. The number of carboxylic acid groups (broad SMARTS) is 1. The van der Waals surface area contributed by atoms with Gasteiger partial charge in [0, 0.05) is 16.2 Å². The van der Waals surface area contributed by atoms with Crippen LogP contribution in [0.5, 0.6) is 0 Å². The summed E-state index contributed by atoms with van der Waals surface area (Å²) in [7, 11) is 0. The van der Waals surface area contributed by atoms with Crippen molar-refractivity contribution < 1.29 is 14.7 Å². The van der Waals surface area contributed by atoms with E-state index in [1.54, 1.807) is 6.07 Å². The van der Waals surface area contributed by atoms with Crippen molar-refractivity contribution >= 4 is 34.3 Å². The smallest absolute Gasteiger partial charge is 0.341 e. The lowest BCUT2D eigenvalue weighted by Crippen LogP contribution is -2.33. The summed E-state index contributed by atoms with van der Waals surface area (Å²) in [4.78, 5) is 11.3. The molecule has 8 heteroatoms. The Hall–Kier alpha value is -2.41. The summed E-state index contributed by atoms with van der Waals surface area (Å²) in [5, 5.41) is 28.6. The largest absolute Gasteiger partial charge is 0.594 e. The van der Waals surface area contributed by atoms with Gasteiger partial charge in [0.15, 0.2) is 0 Å². The van der Waals surface area contributed by atoms with Crippen LogP contribution in [0, 0.1) is 5.21 Å². The highest BCUT2D eigenvalue weighted by Crippen LogP contribution is 2.18. The van der Waals surface area contributed by atoms with Gasteiger partial charge < -0.3 is 10.3 Å². The maximum atomic E-state index is 11.7. The van der Waals surface area contributed by atoms with Crippen molar-refractivity contribution in [1.82, 2.24) is 14.7 Å². The molecule has 18 heavy (non-hydrogen) atoms. The summed E-state index contributed by atoms with van der Waals surface area (Å²) in [5.74, 6) is -1.20. The Morgan fingerprint density at radius 3 is 3.00 bits per heavy atom. The molecule has 0 saturated heterocycles. The topological polar surface area (TPSA) is 94.4 Å².